The van der Waals surface area contributed by atoms with Gasteiger partial charge in [0.2, 0.25) is 0 Å². The molecule has 3 aromatic carbocycles. The van der Waals surface area contributed by atoms with E-state index in [4.69, 9.17) is 8.83 Å². The summed E-state index contributed by atoms with van der Waals surface area (Å²) in [5.74, 6) is 0. The molecule has 0 aliphatic rings. The highest BCUT2D eigenvalue weighted by molar-refractivity contribution is 6.14. The smallest absolute Gasteiger partial charge is 0.136 e. The Morgan fingerprint density at radius 1 is 0.500 bits per heavy atom. The Kier molecular flexibility index (Phi) is 6.66. The lowest BCUT2D eigenvalue weighted by Gasteiger charge is -2.25. The van der Waals surface area contributed by atoms with Gasteiger partial charge in [-0.05, 0) is 59.1 Å². The quantitative estimate of drug-likeness (QED) is 0.185. The van der Waals surface area contributed by atoms with Crippen LogP contribution in [-0.4, -0.2) is 0 Å². The summed E-state index contributed by atoms with van der Waals surface area (Å²) >= 11 is 0. The van der Waals surface area contributed by atoms with E-state index in [1.165, 1.54) is 73.3 Å². The molecule has 0 amide bonds. The summed E-state index contributed by atoms with van der Waals surface area (Å²) in [6.07, 6.45) is 10.0. The van der Waals surface area contributed by atoms with Gasteiger partial charge in [0.05, 0.1) is 0 Å². The van der Waals surface area contributed by atoms with Crippen LogP contribution in [0.25, 0.3) is 43.9 Å². The first-order chi connectivity index (χ1) is 17.2. The molecule has 0 bridgehead atoms. The zero-order valence-electron chi connectivity index (χ0n) is 23.1. The van der Waals surface area contributed by atoms with Crippen molar-refractivity contribution in [2.45, 2.75) is 104 Å². The molecule has 0 aliphatic heterocycles. The third kappa shape index (κ3) is 4.56. The topological polar surface area (TPSA) is 26.3 Å². The molecule has 2 heteroatoms. The van der Waals surface area contributed by atoms with Gasteiger partial charge < -0.3 is 8.83 Å². The summed E-state index contributed by atoms with van der Waals surface area (Å²) in [6.45, 7) is 13.9. The molecule has 0 saturated carbocycles. The zero-order chi connectivity index (χ0) is 25.5. The SMILES string of the molecule is CCCCCC(C)(C)c1ccc2c(c1)oc1cc3c(cc12)oc1cc(C(C)(C)CCCCC)ccc13. The van der Waals surface area contributed by atoms with Crippen LogP contribution >= 0.6 is 0 Å². The van der Waals surface area contributed by atoms with Gasteiger partial charge in [0, 0.05) is 21.5 Å². The predicted octanol–water partition coefficient (Wildman–Crippen LogP) is 11.2. The Labute approximate surface area is 216 Å². The Morgan fingerprint density at radius 2 is 0.889 bits per heavy atom. The first kappa shape index (κ1) is 24.9. The monoisotopic (exact) mass is 482 g/mol. The number of hydrogen-bond acceptors (Lipinski definition) is 2. The third-order valence-electron chi connectivity index (χ3n) is 8.44. The standard InChI is InChI=1S/C34H42O2/c1-7-9-11-17-33(3,4)23-13-15-25-27-21-32-28(22-31(27)35-29(25)19-23)26-16-14-24(20-30(26)36-32)34(5,6)18-12-10-8-2/h13-16,19-22H,7-12,17-18H2,1-6H3. The van der Waals surface area contributed by atoms with E-state index < -0.39 is 0 Å². The molecule has 0 radical (unpaired) electrons. The Morgan fingerprint density at radius 3 is 1.28 bits per heavy atom. The van der Waals surface area contributed by atoms with Crippen molar-refractivity contribution in [2.24, 2.45) is 0 Å². The molecule has 190 valence electrons. The molecule has 5 rings (SSSR count). The van der Waals surface area contributed by atoms with E-state index >= 15 is 0 Å². The van der Waals surface area contributed by atoms with E-state index in [1.807, 2.05) is 0 Å². The molecule has 0 N–H and O–H groups in total. The van der Waals surface area contributed by atoms with Crippen LogP contribution in [0.4, 0.5) is 0 Å². The van der Waals surface area contributed by atoms with Crippen LogP contribution in [-0.2, 0) is 10.8 Å². The van der Waals surface area contributed by atoms with Crippen LogP contribution in [0.5, 0.6) is 0 Å². The average Bonchev–Trinajstić information content (AvgIpc) is 3.39. The van der Waals surface area contributed by atoms with Crippen LogP contribution in [0, 0.1) is 0 Å². The van der Waals surface area contributed by atoms with Gasteiger partial charge in [0.15, 0.2) is 0 Å². The highest BCUT2D eigenvalue weighted by Crippen LogP contribution is 2.40. The molecule has 0 saturated heterocycles. The normalized spacial score (nSPS) is 13.1. The Bertz CT molecular complexity index is 1390. The van der Waals surface area contributed by atoms with Crippen LogP contribution in [0.3, 0.4) is 0 Å². The van der Waals surface area contributed by atoms with Gasteiger partial charge in [0.1, 0.15) is 22.3 Å². The van der Waals surface area contributed by atoms with Crippen molar-refractivity contribution in [1.29, 1.82) is 0 Å². The summed E-state index contributed by atoms with van der Waals surface area (Å²) < 4.78 is 12.9. The summed E-state index contributed by atoms with van der Waals surface area (Å²) in [6, 6.07) is 17.9. The fourth-order valence-corrected chi connectivity index (χ4v) is 5.81. The number of rotatable bonds is 10. The molecule has 0 atom stereocenters. The van der Waals surface area contributed by atoms with Crippen LogP contribution < -0.4 is 0 Å². The van der Waals surface area contributed by atoms with Crippen LogP contribution in [0.2, 0.25) is 0 Å². The van der Waals surface area contributed by atoms with Crippen molar-refractivity contribution in [3.63, 3.8) is 0 Å². The fourth-order valence-electron chi connectivity index (χ4n) is 5.81. The number of fused-ring (bicyclic) bond motifs is 6. The first-order valence-electron chi connectivity index (χ1n) is 14.1. The highest BCUT2D eigenvalue weighted by atomic mass is 16.3. The molecular formula is C34H42O2. The van der Waals surface area contributed by atoms with Crippen molar-refractivity contribution in [2.75, 3.05) is 0 Å². The Balaban J connectivity index is 1.52. The minimum atomic E-state index is 0.147. The third-order valence-corrected chi connectivity index (χ3v) is 8.44. The number of furan rings is 2. The lowest BCUT2D eigenvalue weighted by Crippen LogP contribution is -2.16. The highest BCUT2D eigenvalue weighted by Gasteiger charge is 2.23. The predicted molar refractivity (Wildman–Crippen MR) is 155 cm³/mol. The molecule has 0 fully saturated rings. The van der Waals surface area contributed by atoms with Crippen molar-refractivity contribution in [3.05, 3.63) is 59.7 Å². The average molecular weight is 483 g/mol. The second kappa shape index (κ2) is 9.61. The van der Waals surface area contributed by atoms with Crippen molar-refractivity contribution in [1.82, 2.24) is 0 Å². The first-order valence-corrected chi connectivity index (χ1v) is 14.1. The molecule has 36 heavy (non-hydrogen) atoms. The molecule has 2 heterocycles. The van der Waals surface area contributed by atoms with Gasteiger partial charge in [-0.2, -0.15) is 0 Å². The van der Waals surface area contributed by atoms with Crippen LogP contribution in [0.1, 0.15) is 104 Å². The number of benzene rings is 3. The fraction of sp³-hybridized carbons (Fsp3) is 0.471. The molecule has 2 nitrogen and oxygen atoms in total. The van der Waals surface area contributed by atoms with Gasteiger partial charge in [-0.15, -0.1) is 0 Å². The number of unbranched alkanes of at least 4 members (excludes halogenated alkanes) is 4. The lowest BCUT2D eigenvalue weighted by atomic mass is 9.80. The summed E-state index contributed by atoms with van der Waals surface area (Å²) in [5.41, 5.74) is 6.82. The van der Waals surface area contributed by atoms with Gasteiger partial charge in [-0.3, -0.25) is 0 Å². The second-order valence-electron chi connectivity index (χ2n) is 12.2. The van der Waals surface area contributed by atoms with E-state index in [1.54, 1.807) is 0 Å². The summed E-state index contributed by atoms with van der Waals surface area (Å²) in [4.78, 5) is 0. The van der Waals surface area contributed by atoms with Gasteiger partial charge in [-0.1, -0.05) is 104 Å². The molecule has 0 spiro atoms. The van der Waals surface area contributed by atoms with Gasteiger partial charge in [0.25, 0.3) is 0 Å². The molecule has 5 aromatic rings. The summed E-state index contributed by atoms with van der Waals surface area (Å²) in [5, 5.41) is 4.59. The lowest BCUT2D eigenvalue weighted by molar-refractivity contribution is 0.450. The van der Waals surface area contributed by atoms with Gasteiger partial charge >= 0.3 is 0 Å². The van der Waals surface area contributed by atoms with E-state index in [0.29, 0.717) is 0 Å². The molecule has 2 aromatic heterocycles. The second-order valence-corrected chi connectivity index (χ2v) is 12.2. The van der Waals surface area contributed by atoms with Crippen molar-refractivity contribution in [3.8, 4) is 0 Å². The molecule has 0 aliphatic carbocycles. The molecule has 0 unspecified atom stereocenters. The summed E-state index contributed by atoms with van der Waals surface area (Å²) in [7, 11) is 0. The van der Waals surface area contributed by atoms with Crippen molar-refractivity contribution >= 4 is 43.9 Å². The minimum absolute atomic E-state index is 0.147. The van der Waals surface area contributed by atoms with Gasteiger partial charge in [-0.25, -0.2) is 0 Å². The van der Waals surface area contributed by atoms with Crippen molar-refractivity contribution < 1.29 is 8.83 Å². The largest absolute Gasteiger partial charge is 0.456 e. The maximum Gasteiger partial charge on any atom is 0.136 e. The van der Waals surface area contributed by atoms with E-state index in [2.05, 4.69) is 90.1 Å². The van der Waals surface area contributed by atoms with E-state index in [9.17, 15) is 0 Å². The zero-order valence-corrected chi connectivity index (χ0v) is 23.1. The van der Waals surface area contributed by atoms with E-state index in [0.717, 1.165) is 33.1 Å². The maximum atomic E-state index is 6.43. The van der Waals surface area contributed by atoms with Crippen LogP contribution in [0.15, 0.2) is 57.4 Å². The Hall–Kier alpha value is -2.74. The number of hydrogen-bond donors (Lipinski definition) is 0. The minimum Gasteiger partial charge on any atom is -0.456 e. The van der Waals surface area contributed by atoms with E-state index in [-0.39, 0.29) is 10.8 Å². The maximum absolute atomic E-state index is 6.43. The molecular weight excluding hydrogens is 440 g/mol.